The van der Waals surface area contributed by atoms with Gasteiger partial charge in [0, 0.05) is 43.2 Å². The average Bonchev–Trinajstić information content (AvgIpc) is 3.60. The van der Waals surface area contributed by atoms with E-state index in [4.69, 9.17) is 16.1 Å². The fourth-order valence-corrected chi connectivity index (χ4v) is 7.90. The minimum absolute atomic E-state index is 0.00938. The standard InChI is InChI=1S/C34H32F3N5O2/c1-2-24-27(36)5-4-21-13-23(43)14-25(28(21)24)30-29(37)31-26(16-38-30)32(41-10-6-19-12-20(19)7-11-41)40-33(39-31)44-18-34-8-3-9-42(34)17-22(35)15-34/h1,4-5,13-14,16,19-20,22,43H,3,6-12,15,17-18H2/t19?,20?,22-,34+/m1/s1. The van der Waals surface area contributed by atoms with Crippen molar-refractivity contribution >= 4 is 27.5 Å². The van der Waals surface area contributed by atoms with Gasteiger partial charge in [-0.15, -0.1) is 6.42 Å². The molecule has 226 valence electrons. The maximum Gasteiger partial charge on any atom is 0.319 e. The van der Waals surface area contributed by atoms with E-state index in [0.717, 1.165) is 57.2 Å². The number of aromatic nitrogens is 3. The van der Waals surface area contributed by atoms with E-state index in [9.17, 15) is 13.9 Å². The molecule has 5 heterocycles. The lowest BCUT2D eigenvalue weighted by Crippen LogP contribution is -2.43. The van der Waals surface area contributed by atoms with Crippen molar-refractivity contribution in [3.63, 3.8) is 0 Å². The summed E-state index contributed by atoms with van der Waals surface area (Å²) < 4.78 is 52.2. The van der Waals surface area contributed by atoms with E-state index in [1.807, 2.05) is 0 Å². The normalized spacial score (nSPS) is 26.4. The second-order valence-electron chi connectivity index (χ2n) is 12.9. The van der Waals surface area contributed by atoms with Crippen LogP contribution in [-0.2, 0) is 0 Å². The third-order valence-electron chi connectivity index (χ3n) is 10.2. The van der Waals surface area contributed by atoms with Crippen molar-refractivity contribution in [2.24, 2.45) is 11.8 Å². The second kappa shape index (κ2) is 10.2. The van der Waals surface area contributed by atoms with Crippen LogP contribution in [0.25, 0.3) is 32.9 Å². The SMILES string of the molecule is C#Cc1c(F)ccc2cc(O)cc(-c3ncc4c(N5CCC6CC6CC5)nc(OC[C@@]56CCCN5C[C@H](F)C6)nc4c3F)c12. The number of fused-ring (bicyclic) bond motifs is 4. The van der Waals surface area contributed by atoms with Crippen molar-refractivity contribution in [2.75, 3.05) is 37.7 Å². The van der Waals surface area contributed by atoms with Crippen LogP contribution in [-0.4, -0.2) is 69.5 Å². The van der Waals surface area contributed by atoms with E-state index < -0.39 is 23.3 Å². The molecule has 0 spiro atoms. The third-order valence-corrected chi connectivity index (χ3v) is 10.2. The molecule has 1 aliphatic carbocycles. The van der Waals surface area contributed by atoms with Gasteiger partial charge in [0.25, 0.3) is 0 Å². The van der Waals surface area contributed by atoms with E-state index in [1.54, 1.807) is 0 Å². The lowest BCUT2D eigenvalue weighted by atomic mass is 9.95. The predicted octanol–water partition coefficient (Wildman–Crippen LogP) is 6.00. The number of hydrogen-bond acceptors (Lipinski definition) is 7. The molecule has 1 saturated carbocycles. The number of terminal acetylenes is 1. The molecular weight excluding hydrogens is 567 g/mol. The first kappa shape index (κ1) is 27.4. The summed E-state index contributed by atoms with van der Waals surface area (Å²) in [6.07, 6.45) is 11.8. The van der Waals surface area contributed by atoms with E-state index in [-0.39, 0.29) is 46.1 Å². The van der Waals surface area contributed by atoms with Gasteiger partial charge < -0.3 is 14.7 Å². The molecule has 0 bridgehead atoms. The van der Waals surface area contributed by atoms with Crippen LogP contribution in [0.15, 0.2) is 30.5 Å². The first-order valence-electron chi connectivity index (χ1n) is 15.4. The van der Waals surface area contributed by atoms with Crippen LogP contribution in [0.1, 0.15) is 44.1 Å². The summed E-state index contributed by atoms with van der Waals surface area (Å²) in [5.41, 5.74) is -0.415. The minimum Gasteiger partial charge on any atom is -0.508 e. The van der Waals surface area contributed by atoms with Crippen molar-refractivity contribution in [1.29, 1.82) is 0 Å². The van der Waals surface area contributed by atoms with Gasteiger partial charge in [0.2, 0.25) is 0 Å². The molecule has 7 nitrogen and oxygen atoms in total. The Bertz CT molecular complexity index is 1850. The van der Waals surface area contributed by atoms with Gasteiger partial charge in [-0.1, -0.05) is 12.0 Å². The van der Waals surface area contributed by atoms with E-state index >= 15 is 4.39 Å². The number of alkyl halides is 1. The maximum atomic E-state index is 16.7. The molecule has 4 fully saturated rings. The lowest BCUT2D eigenvalue weighted by Gasteiger charge is -2.31. The highest BCUT2D eigenvalue weighted by Gasteiger charge is 2.49. The van der Waals surface area contributed by atoms with Crippen LogP contribution in [0.2, 0.25) is 0 Å². The number of hydrogen-bond donors (Lipinski definition) is 1. The maximum absolute atomic E-state index is 16.7. The average molecular weight is 600 g/mol. The highest BCUT2D eigenvalue weighted by Crippen LogP contribution is 2.47. The molecule has 8 rings (SSSR count). The number of halogens is 3. The van der Waals surface area contributed by atoms with Gasteiger partial charge in [0.1, 0.15) is 41.4 Å². The predicted molar refractivity (Wildman–Crippen MR) is 161 cm³/mol. The van der Waals surface area contributed by atoms with Crippen molar-refractivity contribution in [1.82, 2.24) is 19.9 Å². The monoisotopic (exact) mass is 599 g/mol. The molecular formula is C34H32F3N5O2. The molecule has 0 radical (unpaired) electrons. The van der Waals surface area contributed by atoms with Gasteiger partial charge in [0.05, 0.1) is 16.5 Å². The molecule has 4 aromatic rings. The number of phenolic OH excluding ortho intramolecular Hbond substituents is 1. The Kier molecular flexibility index (Phi) is 6.38. The molecule has 2 unspecified atom stereocenters. The third kappa shape index (κ3) is 4.43. The van der Waals surface area contributed by atoms with E-state index in [0.29, 0.717) is 29.6 Å². The van der Waals surface area contributed by atoms with E-state index in [1.165, 1.54) is 36.9 Å². The number of ether oxygens (including phenoxy) is 1. The van der Waals surface area contributed by atoms with Gasteiger partial charge in [-0.25, -0.2) is 13.2 Å². The molecule has 2 aromatic heterocycles. The van der Waals surface area contributed by atoms with Gasteiger partial charge >= 0.3 is 6.01 Å². The molecule has 4 atom stereocenters. The Balaban J connectivity index is 1.27. The highest BCUT2D eigenvalue weighted by molar-refractivity contribution is 6.03. The number of anilines is 1. The van der Waals surface area contributed by atoms with Crippen LogP contribution in [0.4, 0.5) is 19.0 Å². The summed E-state index contributed by atoms with van der Waals surface area (Å²) in [5, 5.41) is 11.7. The molecule has 1 N–H and O–H groups in total. The van der Waals surface area contributed by atoms with Crippen LogP contribution >= 0.6 is 0 Å². The van der Waals surface area contributed by atoms with Crippen molar-refractivity contribution in [3.05, 3.63) is 47.7 Å². The van der Waals surface area contributed by atoms with Crippen molar-refractivity contribution in [2.45, 2.75) is 50.2 Å². The quantitative estimate of drug-likeness (QED) is 0.282. The summed E-state index contributed by atoms with van der Waals surface area (Å²) in [5.74, 6) is 2.85. The number of nitrogens with zero attached hydrogens (tertiary/aromatic N) is 5. The summed E-state index contributed by atoms with van der Waals surface area (Å²) >= 11 is 0. The number of rotatable bonds is 5. The summed E-state index contributed by atoms with van der Waals surface area (Å²) in [6.45, 7) is 2.99. The smallest absolute Gasteiger partial charge is 0.319 e. The largest absolute Gasteiger partial charge is 0.508 e. The fourth-order valence-electron chi connectivity index (χ4n) is 7.90. The van der Waals surface area contributed by atoms with Gasteiger partial charge in [-0.2, -0.15) is 9.97 Å². The molecule has 44 heavy (non-hydrogen) atoms. The number of aromatic hydroxyl groups is 1. The molecule has 10 heteroatoms. The van der Waals surface area contributed by atoms with Crippen LogP contribution in [0.3, 0.4) is 0 Å². The van der Waals surface area contributed by atoms with Gasteiger partial charge in [-0.05, 0) is 74.1 Å². The second-order valence-corrected chi connectivity index (χ2v) is 12.9. The summed E-state index contributed by atoms with van der Waals surface area (Å²) in [6, 6.07) is 5.52. The number of benzene rings is 2. The Hall–Kier alpha value is -4.10. The molecule has 2 aromatic carbocycles. The van der Waals surface area contributed by atoms with Crippen LogP contribution in [0, 0.1) is 35.8 Å². The highest BCUT2D eigenvalue weighted by atomic mass is 19.1. The number of phenols is 1. The van der Waals surface area contributed by atoms with Crippen LogP contribution < -0.4 is 9.64 Å². The number of pyridine rings is 1. The van der Waals surface area contributed by atoms with Crippen LogP contribution in [0.5, 0.6) is 11.8 Å². The Labute approximate surface area is 253 Å². The fraction of sp³-hybridized carbons (Fsp3) is 0.441. The Morgan fingerprint density at radius 2 is 1.93 bits per heavy atom. The van der Waals surface area contributed by atoms with Crippen molar-refractivity contribution < 1.29 is 23.0 Å². The zero-order chi connectivity index (χ0) is 30.2. The van der Waals surface area contributed by atoms with Gasteiger partial charge in [-0.3, -0.25) is 9.88 Å². The summed E-state index contributed by atoms with van der Waals surface area (Å²) in [4.78, 5) is 18.2. The molecule has 0 amide bonds. The minimum atomic E-state index is -0.906. The van der Waals surface area contributed by atoms with E-state index in [2.05, 4.69) is 25.7 Å². The summed E-state index contributed by atoms with van der Waals surface area (Å²) in [7, 11) is 0. The zero-order valence-electron chi connectivity index (χ0n) is 24.2. The first-order valence-corrected chi connectivity index (χ1v) is 15.4. The first-order chi connectivity index (χ1) is 21.3. The molecule has 3 saturated heterocycles. The lowest BCUT2D eigenvalue weighted by molar-refractivity contribution is 0.107. The topological polar surface area (TPSA) is 74.6 Å². The zero-order valence-corrected chi connectivity index (χ0v) is 24.2. The van der Waals surface area contributed by atoms with Crippen molar-refractivity contribution in [3.8, 4) is 35.4 Å². The molecule has 3 aliphatic heterocycles. The Morgan fingerprint density at radius 1 is 1.11 bits per heavy atom. The Morgan fingerprint density at radius 3 is 2.73 bits per heavy atom. The molecule has 4 aliphatic rings. The van der Waals surface area contributed by atoms with Gasteiger partial charge in [0.15, 0.2) is 5.82 Å².